The van der Waals surface area contributed by atoms with Crippen LogP contribution in [0.5, 0.6) is 0 Å². The molecule has 1 saturated heterocycles. The molecule has 1 aliphatic carbocycles. The summed E-state index contributed by atoms with van der Waals surface area (Å²) in [4.78, 5) is 11.8. The lowest BCUT2D eigenvalue weighted by Gasteiger charge is -2.09. The van der Waals surface area contributed by atoms with Crippen molar-refractivity contribution >= 4 is 14.0 Å². The lowest BCUT2D eigenvalue weighted by molar-refractivity contribution is -0.116. The number of benzene rings is 1. The quantitative estimate of drug-likeness (QED) is 0.335. The highest BCUT2D eigenvalue weighted by Crippen LogP contribution is 2.44. The van der Waals surface area contributed by atoms with E-state index in [1.807, 2.05) is 6.07 Å². The molecule has 1 aliphatic heterocycles. The summed E-state index contributed by atoms with van der Waals surface area (Å²) < 4.78 is 0. The van der Waals surface area contributed by atoms with E-state index in [1.165, 1.54) is 5.56 Å². The number of aliphatic hydroxyl groups is 1. The van der Waals surface area contributed by atoms with Crippen LogP contribution in [0.1, 0.15) is 22.7 Å². The summed E-state index contributed by atoms with van der Waals surface area (Å²) in [7, 11) is -1.41. The third-order valence-corrected chi connectivity index (χ3v) is 4.91. The molecule has 1 aromatic carbocycles. The van der Waals surface area contributed by atoms with Crippen molar-refractivity contribution in [1.29, 1.82) is 0 Å². The number of rotatable bonds is 0. The fraction of sp³-hybridized carbons (Fsp3) is 0.353. The van der Waals surface area contributed by atoms with Gasteiger partial charge in [0.15, 0.2) is 0 Å². The predicted molar refractivity (Wildman–Crippen MR) is 85.5 cm³/mol. The van der Waals surface area contributed by atoms with Crippen molar-refractivity contribution in [3.8, 4) is 11.5 Å². The Morgan fingerprint density at radius 3 is 2.81 bits per heavy atom. The molecule has 3 nitrogen and oxygen atoms in total. The highest BCUT2D eigenvalue weighted by atomic mass is 28.3. The minimum absolute atomic E-state index is 0.0143. The molecule has 1 aromatic rings. The van der Waals surface area contributed by atoms with Gasteiger partial charge in [-0.25, -0.2) is 0 Å². The molecular weight excluding hydrogens is 278 g/mol. The number of hydrogen-bond donors (Lipinski definition) is 2. The largest absolute Gasteiger partial charge is 0.515 e. The summed E-state index contributed by atoms with van der Waals surface area (Å²) in [5.74, 6) is 3.21. The number of carbonyl (C=O) groups excluding carboxylic acids is 1. The maximum Gasteiger partial charge on any atom is 0.251 e. The van der Waals surface area contributed by atoms with Gasteiger partial charge in [0, 0.05) is 11.5 Å². The average molecular weight is 297 g/mol. The summed E-state index contributed by atoms with van der Waals surface area (Å²) in [6, 6.07) is 6.10. The third-order valence-electron chi connectivity index (χ3n) is 4.03. The second-order valence-electron chi connectivity index (χ2n) is 6.72. The topological polar surface area (TPSA) is 49.3 Å². The highest BCUT2D eigenvalue weighted by molar-refractivity contribution is 6.83. The molecule has 2 unspecified atom stereocenters. The molecule has 0 aromatic heterocycles. The van der Waals surface area contributed by atoms with Gasteiger partial charge < -0.3 is 10.4 Å². The van der Waals surface area contributed by atoms with Crippen molar-refractivity contribution in [3.05, 3.63) is 46.7 Å². The van der Waals surface area contributed by atoms with Crippen LogP contribution in [-0.2, 0) is 11.2 Å². The molecule has 4 heteroatoms. The van der Waals surface area contributed by atoms with Gasteiger partial charge in [-0.1, -0.05) is 37.7 Å². The van der Waals surface area contributed by atoms with Crippen LogP contribution in [-0.4, -0.2) is 19.1 Å². The first-order chi connectivity index (χ1) is 9.90. The molecule has 3 rings (SSSR count). The van der Waals surface area contributed by atoms with Gasteiger partial charge in [-0.2, -0.15) is 0 Å². The minimum atomic E-state index is -1.41. The first-order valence-corrected chi connectivity index (χ1v) is 10.7. The first kappa shape index (κ1) is 14.0. The van der Waals surface area contributed by atoms with Crippen LogP contribution in [0.15, 0.2) is 30.0 Å². The van der Waals surface area contributed by atoms with Crippen molar-refractivity contribution < 1.29 is 9.90 Å². The van der Waals surface area contributed by atoms with Crippen molar-refractivity contribution in [2.75, 3.05) is 0 Å². The zero-order valence-electron chi connectivity index (χ0n) is 12.5. The molecule has 21 heavy (non-hydrogen) atoms. The van der Waals surface area contributed by atoms with Gasteiger partial charge in [0.25, 0.3) is 5.91 Å². The smallest absolute Gasteiger partial charge is 0.251 e. The number of carbonyl (C=O) groups is 1. The predicted octanol–water partition coefficient (Wildman–Crippen LogP) is 2.70. The van der Waals surface area contributed by atoms with Crippen molar-refractivity contribution in [2.24, 2.45) is 5.92 Å². The van der Waals surface area contributed by atoms with Crippen molar-refractivity contribution in [3.63, 3.8) is 0 Å². The fourth-order valence-corrected chi connectivity index (χ4v) is 3.58. The molecule has 0 bridgehead atoms. The Hall–Kier alpha value is -1.99. The van der Waals surface area contributed by atoms with E-state index < -0.39 is 8.07 Å². The van der Waals surface area contributed by atoms with Crippen LogP contribution >= 0.6 is 0 Å². The minimum Gasteiger partial charge on any atom is -0.515 e. The fourth-order valence-electron chi connectivity index (χ4n) is 3.07. The monoisotopic (exact) mass is 297 g/mol. The summed E-state index contributed by atoms with van der Waals surface area (Å²) in [6.07, 6.45) is 1.72. The Labute approximate surface area is 126 Å². The summed E-state index contributed by atoms with van der Waals surface area (Å²) >= 11 is 0. The third kappa shape index (κ3) is 2.38. The van der Waals surface area contributed by atoms with Crippen LogP contribution in [0, 0.1) is 17.4 Å². The van der Waals surface area contributed by atoms with Gasteiger partial charge >= 0.3 is 0 Å². The Balaban J connectivity index is 2.03. The Bertz CT molecular complexity index is 704. The zero-order chi connectivity index (χ0) is 15.2. The molecule has 2 N–H and O–H groups in total. The lowest BCUT2D eigenvalue weighted by Crippen LogP contribution is -2.19. The van der Waals surface area contributed by atoms with E-state index in [2.05, 4.69) is 48.6 Å². The molecule has 1 amide bonds. The maximum absolute atomic E-state index is 11.8. The molecule has 0 radical (unpaired) electrons. The number of amides is 1. The van der Waals surface area contributed by atoms with E-state index in [0.29, 0.717) is 5.57 Å². The van der Waals surface area contributed by atoms with Crippen LogP contribution < -0.4 is 5.32 Å². The molecule has 0 spiro atoms. The summed E-state index contributed by atoms with van der Waals surface area (Å²) in [5, 5.41) is 12.3. The van der Waals surface area contributed by atoms with Crippen LogP contribution in [0.3, 0.4) is 0 Å². The standard InChI is InChI=1S/C17H19NO2Si/c1-21(2,3)8-7-11-5-4-6-12-13(11)9-14-15(10-19)17(20)18-16(12)14/h4-6,10,14,16,19H,9H2,1-3H3,(H,18,20). The van der Waals surface area contributed by atoms with Gasteiger partial charge in [0.05, 0.1) is 17.9 Å². The first-order valence-electron chi connectivity index (χ1n) is 7.21. The Morgan fingerprint density at radius 1 is 1.38 bits per heavy atom. The van der Waals surface area contributed by atoms with E-state index in [-0.39, 0.29) is 17.9 Å². The van der Waals surface area contributed by atoms with Gasteiger partial charge in [-0.15, -0.1) is 5.54 Å². The van der Waals surface area contributed by atoms with E-state index in [1.54, 1.807) is 0 Å². The number of fused-ring (bicyclic) bond motifs is 3. The van der Waals surface area contributed by atoms with Crippen molar-refractivity contribution in [1.82, 2.24) is 5.32 Å². The summed E-state index contributed by atoms with van der Waals surface area (Å²) in [5.41, 5.74) is 7.32. The number of nitrogens with one attached hydrogen (secondary N) is 1. The Kier molecular flexibility index (Phi) is 3.18. The van der Waals surface area contributed by atoms with Gasteiger partial charge in [0.1, 0.15) is 8.07 Å². The normalized spacial score (nSPS) is 25.1. The van der Waals surface area contributed by atoms with Crippen LogP contribution in [0.4, 0.5) is 0 Å². The second-order valence-corrected chi connectivity index (χ2v) is 11.5. The molecular formula is C17H19NO2Si. The van der Waals surface area contributed by atoms with Crippen molar-refractivity contribution in [2.45, 2.75) is 32.1 Å². The van der Waals surface area contributed by atoms with E-state index >= 15 is 0 Å². The van der Waals surface area contributed by atoms with E-state index in [9.17, 15) is 9.90 Å². The molecule has 2 aliphatic rings. The molecule has 0 saturated carbocycles. The van der Waals surface area contributed by atoms with E-state index in [4.69, 9.17) is 0 Å². The van der Waals surface area contributed by atoms with Gasteiger partial charge in [0.2, 0.25) is 0 Å². The zero-order valence-corrected chi connectivity index (χ0v) is 13.5. The maximum atomic E-state index is 11.8. The van der Waals surface area contributed by atoms with E-state index in [0.717, 1.165) is 23.8 Å². The van der Waals surface area contributed by atoms with Crippen LogP contribution in [0.2, 0.25) is 19.6 Å². The average Bonchev–Trinajstić information content (AvgIpc) is 2.90. The highest BCUT2D eigenvalue weighted by Gasteiger charge is 2.44. The van der Waals surface area contributed by atoms with Gasteiger partial charge in [-0.3, -0.25) is 4.79 Å². The SMILES string of the molecule is C[Si](C)(C)C#Cc1cccc2c1CC1C(=CO)C(=O)NC21. The number of aliphatic hydroxyl groups excluding tert-OH is 1. The molecule has 108 valence electrons. The summed E-state index contributed by atoms with van der Waals surface area (Å²) in [6.45, 7) is 6.68. The molecule has 1 fully saturated rings. The van der Waals surface area contributed by atoms with Gasteiger partial charge in [-0.05, 0) is 23.6 Å². The molecule has 1 heterocycles. The lowest BCUT2D eigenvalue weighted by atomic mass is 9.97. The molecule has 2 atom stereocenters. The second kappa shape index (κ2) is 4.78. The van der Waals surface area contributed by atoms with Crippen LogP contribution in [0.25, 0.3) is 0 Å². The Morgan fingerprint density at radius 2 is 2.14 bits per heavy atom. The number of hydrogen-bond acceptors (Lipinski definition) is 2.